The Kier molecular flexibility index (Phi) is 4.97. The number of amides is 1. The Balaban J connectivity index is 1.32. The van der Waals surface area contributed by atoms with Crippen molar-refractivity contribution in [1.29, 1.82) is 0 Å². The van der Waals surface area contributed by atoms with E-state index in [0.717, 1.165) is 18.8 Å². The molecule has 4 rings (SSSR count). The van der Waals surface area contributed by atoms with Crippen molar-refractivity contribution in [3.63, 3.8) is 0 Å². The van der Waals surface area contributed by atoms with Gasteiger partial charge in [-0.15, -0.1) is 0 Å². The van der Waals surface area contributed by atoms with Crippen LogP contribution in [0, 0.1) is 18.3 Å². The minimum Gasteiger partial charge on any atom is -0.491 e. The quantitative estimate of drug-likeness (QED) is 0.834. The smallest absolute Gasteiger partial charge is 0.225 e. The zero-order chi connectivity index (χ0) is 20.1. The minimum absolute atomic E-state index is 0.0510. The lowest BCUT2D eigenvalue weighted by atomic mass is 9.63. The minimum atomic E-state index is -0.618. The van der Waals surface area contributed by atoms with Crippen LogP contribution in [-0.4, -0.2) is 40.7 Å². The van der Waals surface area contributed by atoms with E-state index in [-0.39, 0.29) is 17.9 Å². The summed E-state index contributed by atoms with van der Waals surface area (Å²) in [5, 5.41) is 9.89. The van der Waals surface area contributed by atoms with E-state index < -0.39 is 5.60 Å². The fraction of sp³-hybridized carbons (Fsp3) is 0.708. The van der Waals surface area contributed by atoms with E-state index >= 15 is 0 Å². The van der Waals surface area contributed by atoms with Crippen molar-refractivity contribution in [2.75, 3.05) is 13.1 Å². The first-order valence-corrected chi connectivity index (χ1v) is 11.0. The van der Waals surface area contributed by atoms with Gasteiger partial charge in [0.25, 0.3) is 0 Å². The van der Waals surface area contributed by atoms with Crippen LogP contribution in [0.5, 0.6) is 5.75 Å². The SMILES string of the molecule is Cc1c(OC(C)C)cccc1C1CCC2(CC1)CN(C(=O)C1CC(C)(O)C1)C2. The number of carbonyl (C=O) groups excluding carboxylic acids is 1. The number of nitrogens with zero attached hydrogens (tertiary/aromatic N) is 1. The lowest BCUT2D eigenvalue weighted by Crippen LogP contribution is -2.62. The van der Waals surface area contributed by atoms with Crippen LogP contribution < -0.4 is 4.74 Å². The third kappa shape index (κ3) is 3.68. The molecule has 2 saturated carbocycles. The highest BCUT2D eigenvalue weighted by Crippen LogP contribution is 2.50. The van der Waals surface area contributed by atoms with Crippen molar-refractivity contribution in [2.45, 2.75) is 83.8 Å². The number of aliphatic hydroxyl groups is 1. The number of rotatable bonds is 4. The lowest BCUT2D eigenvalue weighted by Gasteiger charge is -2.55. The number of hydrogen-bond donors (Lipinski definition) is 1. The summed E-state index contributed by atoms with van der Waals surface area (Å²) in [5.41, 5.74) is 2.46. The van der Waals surface area contributed by atoms with Crippen LogP contribution in [-0.2, 0) is 4.79 Å². The molecule has 3 fully saturated rings. The van der Waals surface area contributed by atoms with E-state index in [0.29, 0.717) is 24.2 Å². The van der Waals surface area contributed by atoms with Gasteiger partial charge >= 0.3 is 0 Å². The summed E-state index contributed by atoms with van der Waals surface area (Å²) >= 11 is 0. The molecule has 0 atom stereocenters. The number of likely N-dealkylation sites (tertiary alicyclic amines) is 1. The fourth-order valence-corrected chi connectivity index (χ4v) is 5.67. The van der Waals surface area contributed by atoms with Gasteiger partial charge in [0, 0.05) is 24.4 Å². The summed E-state index contributed by atoms with van der Waals surface area (Å²) < 4.78 is 5.98. The predicted octanol–water partition coefficient (Wildman–Crippen LogP) is 4.43. The summed E-state index contributed by atoms with van der Waals surface area (Å²) in [5.74, 6) is 1.95. The average Bonchev–Trinajstić information content (AvgIpc) is 2.59. The van der Waals surface area contributed by atoms with Crippen molar-refractivity contribution in [2.24, 2.45) is 11.3 Å². The molecule has 1 aliphatic heterocycles. The van der Waals surface area contributed by atoms with Crippen LogP contribution in [0.15, 0.2) is 18.2 Å². The van der Waals surface area contributed by atoms with E-state index in [4.69, 9.17) is 4.74 Å². The van der Waals surface area contributed by atoms with Crippen LogP contribution in [0.3, 0.4) is 0 Å². The van der Waals surface area contributed by atoms with Gasteiger partial charge in [0.2, 0.25) is 5.91 Å². The second-order valence-electron chi connectivity index (χ2n) is 10.2. The number of ether oxygens (including phenoxy) is 1. The molecule has 1 saturated heterocycles. The van der Waals surface area contributed by atoms with Crippen molar-refractivity contribution in [3.05, 3.63) is 29.3 Å². The fourth-order valence-electron chi connectivity index (χ4n) is 5.67. The monoisotopic (exact) mass is 385 g/mol. The lowest BCUT2D eigenvalue weighted by molar-refractivity contribution is -0.163. The Morgan fingerprint density at radius 2 is 1.86 bits per heavy atom. The van der Waals surface area contributed by atoms with Crippen LogP contribution in [0.2, 0.25) is 0 Å². The molecule has 1 aromatic rings. The van der Waals surface area contributed by atoms with Gasteiger partial charge in [-0.05, 0) is 89.3 Å². The number of hydrogen-bond acceptors (Lipinski definition) is 3. The molecule has 0 radical (unpaired) electrons. The largest absolute Gasteiger partial charge is 0.491 e. The summed E-state index contributed by atoms with van der Waals surface area (Å²) in [6, 6.07) is 6.47. The number of benzene rings is 1. The first-order chi connectivity index (χ1) is 13.2. The topological polar surface area (TPSA) is 49.8 Å². The average molecular weight is 386 g/mol. The first-order valence-electron chi connectivity index (χ1n) is 11.0. The van der Waals surface area contributed by atoms with E-state index in [1.807, 2.05) is 11.8 Å². The third-order valence-electron chi connectivity index (χ3n) is 7.26. The highest BCUT2D eigenvalue weighted by atomic mass is 16.5. The summed E-state index contributed by atoms with van der Waals surface area (Å²) in [6.07, 6.45) is 6.27. The van der Waals surface area contributed by atoms with Gasteiger partial charge in [-0.2, -0.15) is 0 Å². The third-order valence-corrected chi connectivity index (χ3v) is 7.26. The highest BCUT2D eigenvalue weighted by molar-refractivity contribution is 5.81. The molecule has 0 bridgehead atoms. The molecule has 1 heterocycles. The molecule has 0 aromatic heterocycles. The Morgan fingerprint density at radius 3 is 2.43 bits per heavy atom. The summed E-state index contributed by atoms with van der Waals surface area (Å²) in [7, 11) is 0. The predicted molar refractivity (Wildman–Crippen MR) is 111 cm³/mol. The molecule has 154 valence electrons. The maximum Gasteiger partial charge on any atom is 0.225 e. The molecule has 4 nitrogen and oxygen atoms in total. The summed E-state index contributed by atoms with van der Waals surface area (Å²) in [6.45, 7) is 10.0. The van der Waals surface area contributed by atoms with Gasteiger partial charge in [0.1, 0.15) is 5.75 Å². The van der Waals surface area contributed by atoms with E-state index in [1.54, 1.807) is 0 Å². The molecule has 1 aromatic carbocycles. The van der Waals surface area contributed by atoms with E-state index in [9.17, 15) is 9.90 Å². The van der Waals surface area contributed by atoms with Crippen molar-refractivity contribution in [3.8, 4) is 5.75 Å². The van der Waals surface area contributed by atoms with E-state index in [1.165, 1.54) is 36.8 Å². The Bertz CT molecular complexity index is 730. The Morgan fingerprint density at radius 1 is 1.21 bits per heavy atom. The van der Waals surface area contributed by atoms with Crippen LogP contribution >= 0.6 is 0 Å². The van der Waals surface area contributed by atoms with E-state index in [2.05, 4.69) is 39.0 Å². The molecular weight excluding hydrogens is 350 g/mol. The maximum atomic E-state index is 12.6. The van der Waals surface area contributed by atoms with Gasteiger partial charge < -0.3 is 14.7 Å². The molecule has 0 unspecified atom stereocenters. The molecular formula is C24H35NO3. The molecule has 1 spiro atoms. The van der Waals surface area contributed by atoms with Gasteiger partial charge in [0.05, 0.1) is 11.7 Å². The van der Waals surface area contributed by atoms with Crippen LogP contribution in [0.25, 0.3) is 0 Å². The van der Waals surface area contributed by atoms with Crippen LogP contribution in [0.4, 0.5) is 0 Å². The van der Waals surface area contributed by atoms with Gasteiger partial charge in [0.15, 0.2) is 0 Å². The molecule has 28 heavy (non-hydrogen) atoms. The van der Waals surface area contributed by atoms with Crippen LogP contribution in [0.1, 0.15) is 76.3 Å². The molecule has 1 N–H and O–H groups in total. The number of carbonyl (C=O) groups is 1. The van der Waals surface area contributed by atoms with Crippen molar-refractivity contribution < 1.29 is 14.6 Å². The van der Waals surface area contributed by atoms with Gasteiger partial charge in [-0.1, -0.05) is 12.1 Å². The normalized spacial score (nSPS) is 29.5. The zero-order valence-electron chi connectivity index (χ0n) is 17.8. The Hall–Kier alpha value is -1.55. The second-order valence-corrected chi connectivity index (χ2v) is 10.2. The summed E-state index contributed by atoms with van der Waals surface area (Å²) in [4.78, 5) is 14.6. The standard InChI is InChI=1S/C24H35NO3/c1-16(2)28-21-7-5-6-20(17(21)3)18-8-10-24(11-9-18)14-25(15-24)22(26)19-12-23(4,27)13-19/h5-7,16,18-19,27H,8-15H2,1-4H3. The maximum absolute atomic E-state index is 12.6. The van der Waals surface area contributed by atoms with Gasteiger partial charge in [-0.25, -0.2) is 0 Å². The first kappa shape index (κ1) is 19.8. The molecule has 1 amide bonds. The second kappa shape index (κ2) is 7.05. The Labute approximate surface area is 169 Å². The molecule has 2 aliphatic carbocycles. The van der Waals surface area contributed by atoms with Crippen molar-refractivity contribution >= 4 is 5.91 Å². The highest BCUT2D eigenvalue weighted by Gasteiger charge is 2.51. The zero-order valence-corrected chi connectivity index (χ0v) is 17.8. The molecule has 3 aliphatic rings. The van der Waals surface area contributed by atoms with Gasteiger partial charge in [-0.3, -0.25) is 4.79 Å². The van der Waals surface area contributed by atoms with Crippen molar-refractivity contribution in [1.82, 2.24) is 4.90 Å². The molecule has 4 heteroatoms.